The number of allylic oxidation sites excluding steroid dienone is 2. The Balaban J connectivity index is 2.65. The fourth-order valence-electron chi connectivity index (χ4n) is 1.70. The van der Waals surface area contributed by atoms with Crippen molar-refractivity contribution < 1.29 is 9.31 Å². The molecule has 0 spiro atoms. The Hall–Kier alpha value is -0.535. The molecule has 1 aliphatic rings. The first-order valence-electron chi connectivity index (χ1n) is 6.44. The molecule has 0 atom stereocenters. The van der Waals surface area contributed by atoms with Crippen LogP contribution in [0.3, 0.4) is 0 Å². The first-order valence-corrected chi connectivity index (χ1v) is 6.44. The van der Waals surface area contributed by atoms with Gasteiger partial charge < -0.3 is 9.31 Å². The number of hydrogen-bond donors (Lipinski definition) is 0. The lowest BCUT2D eigenvalue weighted by molar-refractivity contribution is 0.00578. The predicted molar refractivity (Wildman–Crippen MR) is 73.9 cm³/mol. The third kappa shape index (κ3) is 3.02. The van der Waals surface area contributed by atoms with Gasteiger partial charge in [0.1, 0.15) is 0 Å². The Morgan fingerprint density at radius 2 is 1.53 bits per heavy atom. The van der Waals surface area contributed by atoms with Crippen molar-refractivity contribution in [2.24, 2.45) is 0 Å². The molecule has 0 unspecified atom stereocenters. The second kappa shape index (κ2) is 4.99. The molecule has 0 radical (unpaired) electrons. The first-order chi connectivity index (χ1) is 7.71. The molecule has 1 rings (SSSR count). The molecule has 96 valence electrons. The van der Waals surface area contributed by atoms with Crippen LogP contribution in [0.25, 0.3) is 0 Å². The van der Waals surface area contributed by atoms with E-state index in [0.717, 1.165) is 30.3 Å². The highest BCUT2D eigenvalue weighted by atomic mass is 16.7. The summed E-state index contributed by atoms with van der Waals surface area (Å²) in [6.07, 6.45) is 3.27. The average molecular weight is 236 g/mol. The Kier molecular flexibility index (Phi) is 4.26. The lowest BCUT2D eigenvalue weighted by Gasteiger charge is -2.32. The fourth-order valence-corrected chi connectivity index (χ4v) is 1.70. The van der Waals surface area contributed by atoms with E-state index in [4.69, 9.17) is 9.31 Å². The maximum atomic E-state index is 5.94. The summed E-state index contributed by atoms with van der Waals surface area (Å²) in [6, 6.07) is 0. The van der Waals surface area contributed by atoms with Gasteiger partial charge in [0.25, 0.3) is 0 Å². The minimum atomic E-state index is -0.343. The van der Waals surface area contributed by atoms with E-state index in [1.807, 2.05) is 0 Å². The van der Waals surface area contributed by atoms with Crippen molar-refractivity contribution in [3.05, 3.63) is 24.2 Å². The smallest absolute Gasteiger partial charge is 0.399 e. The van der Waals surface area contributed by atoms with Crippen LogP contribution in [-0.4, -0.2) is 18.3 Å². The molecule has 2 nitrogen and oxygen atoms in total. The molecule has 1 saturated heterocycles. The van der Waals surface area contributed by atoms with Gasteiger partial charge in [0.2, 0.25) is 0 Å². The van der Waals surface area contributed by atoms with E-state index in [2.05, 4.69) is 47.8 Å². The molecule has 3 heteroatoms. The van der Waals surface area contributed by atoms with Crippen LogP contribution in [0.1, 0.15) is 53.9 Å². The van der Waals surface area contributed by atoms with Gasteiger partial charge in [-0.15, -0.1) is 0 Å². The number of unbranched alkanes of at least 4 members (excludes halogenated alkanes) is 1. The third-order valence-corrected chi connectivity index (χ3v) is 3.82. The predicted octanol–water partition coefficient (Wildman–Crippen LogP) is 3.92. The van der Waals surface area contributed by atoms with Crippen molar-refractivity contribution in [3.63, 3.8) is 0 Å². The summed E-state index contributed by atoms with van der Waals surface area (Å²) in [5.41, 5.74) is 1.33. The quantitative estimate of drug-likeness (QED) is 0.532. The summed E-state index contributed by atoms with van der Waals surface area (Å²) in [7, 11) is -0.343. The zero-order chi connectivity index (χ0) is 13.3. The molecular formula is C14H25BO2. The molecular weight excluding hydrogens is 211 g/mol. The fraction of sp³-hybridized carbons (Fsp3) is 0.714. The summed E-state index contributed by atoms with van der Waals surface area (Å²) in [5.74, 6) is 0. The Morgan fingerprint density at radius 3 is 1.94 bits per heavy atom. The van der Waals surface area contributed by atoms with E-state index in [-0.39, 0.29) is 18.3 Å². The van der Waals surface area contributed by atoms with Crippen LogP contribution in [0.2, 0.25) is 0 Å². The molecule has 1 heterocycles. The SMILES string of the molecule is C=C(CCCC)C(=C)B1OC(C)(C)C(C)(C)O1. The summed E-state index contributed by atoms with van der Waals surface area (Å²) in [6.45, 7) is 18.5. The van der Waals surface area contributed by atoms with Crippen molar-refractivity contribution >= 4 is 7.12 Å². The van der Waals surface area contributed by atoms with Gasteiger partial charge in [-0.3, -0.25) is 0 Å². The van der Waals surface area contributed by atoms with E-state index in [9.17, 15) is 0 Å². The third-order valence-electron chi connectivity index (χ3n) is 3.82. The number of rotatable bonds is 5. The van der Waals surface area contributed by atoms with Crippen molar-refractivity contribution in [3.8, 4) is 0 Å². The van der Waals surface area contributed by atoms with Gasteiger partial charge in [0.15, 0.2) is 0 Å². The Morgan fingerprint density at radius 1 is 1.06 bits per heavy atom. The zero-order valence-corrected chi connectivity index (χ0v) is 11.9. The molecule has 1 aliphatic heterocycles. The first kappa shape index (κ1) is 14.5. The van der Waals surface area contributed by atoms with E-state index >= 15 is 0 Å². The molecule has 17 heavy (non-hydrogen) atoms. The largest absolute Gasteiger partial charge is 0.494 e. The van der Waals surface area contributed by atoms with Gasteiger partial charge >= 0.3 is 7.12 Å². The highest BCUT2D eigenvalue weighted by Gasteiger charge is 2.52. The van der Waals surface area contributed by atoms with Crippen molar-refractivity contribution in [2.75, 3.05) is 0 Å². The second-order valence-corrected chi connectivity index (χ2v) is 5.82. The second-order valence-electron chi connectivity index (χ2n) is 5.82. The highest BCUT2D eigenvalue weighted by molar-refractivity contribution is 6.55. The van der Waals surface area contributed by atoms with Crippen molar-refractivity contribution in [2.45, 2.75) is 65.1 Å². The van der Waals surface area contributed by atoms with E-state index in [1.54, 1.807) is 0 Å². The van der Waals surface area contributed by atoms with E-state index in [1.165, 1.54) is 0 Å². The van der Waals surface area contributed by atoms with Gasteiger partial charge in [0, 0.05) is 0 Å². The van der Waals surface area contributed by atoms with Crippen molar-refractivity contribution in [1.29, 1.82) is 0 Å². The van der Waals surface area contributed by atoms with Gasteiger partial charge in [-0.1, -0.05) is 32.1 Å². The van der Waals surface area contributed by atoms with Crippen LogP contribution in [0.4, 0.5) is 0 Å². The molecule has 0 amide bonds. The van der Waals surface area contributed by atoms with Crippen molar-refractivity contribution in [1.82, 2.24) is 0 Å². The molecule has 0 aliphatic carbocycles. The summed E-state index contributed by atoms with van der Waals surface area (Å²) < 4.78 is 11.9. The summed E-state index contributed by atoms with van der Waals surface area (Å²) in [4.78, 5) is 0. The number of hydrogen-bond acceptors (Lipinski definition) is 2. The molecule has 1 fully saturated rings. The van der Waals surface area contributed by atoms with Crippen LogP contribution in [-0.2, 0) is 9.31 Å². The van der Waals surface area contributed by atoms with Gasteiger partial charge in [-0.2, -0.15) is 0 Å². The van der Waals surface area contributed by atoms with E-state index in [0.29, 0.717) is 0 Å². The standard InChI is InChI=1S/C14H25BO2/c1-8-9-10-11(2)12(3)15-16-13(4,5)14(6,7)17-15/h2-3,8-10H2,1,4-7H3. The average Bonchev–Trinajstić information content (AvgIpc) is 2.43. The van der Waals surface area contributed by atoms with Crippen LogP contribution < -0.4 is 0 Å². The molecule has 0 bridgehead atoms. The molecule has 0 aromatic rings. The minimum Gasteiger partial charge on any atom is -0.399 e. The maximum absolute atomic E-state index is 5.94. The van der Waals surface area contributed by atoms with Gasteiger partial charge in [-0.05, 0) is 46.0 Å². The monoisotopic (exact) mass is 236 g/mol. The lowest BCUT2D eigenvalue weighted by atomic mass is 9.74. The highest BCUT2D eigenvalue weighted by Crippen LogP contribution is 2.39. The van der Waals surface area contributed by atoms with Crippen LogP contribution >= 0.6 is 0 Å². The van der Waals surface area contributed by atoms with Crippen LogP contribution in [0, 0.1) is 0 Å². The summed E-state index contributed by atoms with van der Waals surface area (Å²) >= 11 is 0. The van der Waals surface area contributed by atoms with Gasteiger partial charge in [-0.25, -0.2) is 0 Å². The van der Waals surface area contributed by atoms with Crippen LogP contribution in [0.15, 0.2) is 24.2 Å². The lowest BCUT2D eigenvalue weighted by Crippen LogP contribution is -2.41. The van der Waals surface area contributed by atoms with E-state index < -0.39 is 0 Å². The Bertz CT molecular complexity index is 302. The molecule has 0 saturated carbocycles. The zero-order valence-electron chi connectivity index (χ0n) is 11.9. The topological polar surface area (TPSA) is 18.5 Å². The normalized spacial score (nSPS) is 21.6. The van der Waals surface area contributed by atoms with Crippen LogP contribution in [0.5, 0.6) is 0 Å². The Labute approximate surface area is 106 Å². The maximum Gasteiger partial charge on any atom is 0.494 e. The molecule has 0 aromatic carbocycles. The summed E-state index contributed by atoms with van der Waals surface area (Å²) in [5, 5.41) is 0. The minimum absolute atomic E-state index is 0.300. The van der Waals surface area contributed by atoms with Gasteiger partial charge in [0.05, 0.1) is 11.2 Å². The molecule has 0 aromatic heterocycles. The molecule has 0 N–H and O–H groups in total.